The predicted octanol–water partition coefficient (Wildman–Crippen LogP) is 1.75. The maximum Gasteiger partial charge on any atom is 0.317 e. The van der Waals surface area contributed by atoms with E-state index in [9.17, 15) is 4.79 Å². The summed E-state index contributed by atoms with van der Waals surface area (Å²) in [5.41, 5.74) is 0. The summed E-state index contributed by atoms with van der Waals surface area (Å²) in [5, 5.41) is 3.03. The highest BCUT2D eigenvalue weighted by atomic mass is 16.5. The van der Waals surface area contributed by atoms with Crippen LogP contribution >= 0.6 is 0 Å². The van der Waals surface area contributed by atoms with Crippen LogP contribution in [0.4, 0.5) is 4.79 Å². The van der Waals surface area contributed by atoms with Gasteiger partial charge >= 0.3 is 6.03 Å². The van der Waals surface area contributed by atoms with Crippen LogP contribution in [-0.2, 0) is 4.74 Å². The van der Waals surface area contributed by atoms with Gasteiger partial charge in [-0.2, -0.15) is 0 Å². The average molecular weight is 226 g/mol. The lowest BCUT2D eigenvalue weighted by atomic mass is 10.1. The van der Waals surface area contributed by atoms with Crippen molar-refractivity contribution >= 4 is 6.03 Å². The Morgan fingerprint density at radius 3 is 2.94 bits per heavy atom. The number of carbonyl (C=O) groups is 1. The van der Waals surface area contributed by atoms with Gasteiger partial charge in [-0.25, -0.2) is 4.79 Å². The zero-order valence-corrected chi connectivity index (χ0v) is 10.1. The third kappa shape index (κ3) is 3.37. The molecule has 4 nitrogen and oxygen atoms in total. The van der Waals surface area contributed by atoms with Crippen molar-refractivity contribution in [1.29, 1.82) is 0 Å². The minimum atomic E-state index is 0.104. The number of nitrogens with one attached hydrogen (secondary N) is 1. The van der Waals surface area contributed by atoms with Gasteiger partial charge in [-0.05, 0) is 32.1 Å². The first-order valence-corrected chi connectivity index (χ1v) is 6.46. The van der Waals surface area contributed by atoms with Gasteiger partial charge in [0.2, 0.25) is 0 Å². The summed E-state index contributed by atoms with van der Waals surface area (Å²) in [5.74, 6) is 0. The Morgan fingerprint density at radius 2 is 2.25 bits per heavy atom. The summed E-state index contributed by atoms with van der Waals surface area (Å²) in [7, 11) is 0. The Balaban J connectivity index is 1.73. The number of likely N-dealkylation sites (tertiary alicyclic amines) is 1. The van der Waals surface area contributed by atoms with E-state index in [1.54, 1.807) is 0 Å². The van der Waals surface area contributed by atoms with E-state index in [0.29, 0.717) is 6.04 Å². The zero-order chi connectivity index (χ0) is 11.4. The van der Waals surface area contributed by atoms with Crippen LogP contribution in [0, 0.1) is 0 Å². The molecule has 2 rings (SSSR count). The van der Waals surface area contributed by atoms with Crippen LogP contribution in [0.25, 0.3) is 0 Å². The molecule has 2 fully saturated rings. The van der Waals surface area contributed by atoms with E-state index in [1.807, 2.05) is 4.90 Å². The topological polar surface area (TPSA) is 41.6 Å². The van der Waals surface area contributed by atoms with Gasteiger partial charge in [-0.15, -0.1) is 0 Å². The lowest BCUT2D eigenvalue weighted by Gasteiger charge is -2.32. The molecular weight excluding hydrogens is 204 g/mol. The monoisotopic (exact) mass is 226 g/mol. The minimum absolute atomic E-state index is 0.104. The van der Waals surface area contributed by atoms with Crippen LogP contribution in [0.2, 0.25) is 0 Å². The summed E-state index contributed by atoms with van der Waals surface area (Å²) in [6, 6.07) is 0.553. The SMILES string of the molecule is CCCOC1CCCN(C(=O)NC2CC2)C1. The van der Waals surface area contributed by atoms with E-state index < -0.39 is 0 Å². The van der Waals surface area contributed by atoms with Crippen molar-refractivity contribution in [3.05, 3.63) is 0 Å². The van der Waals surface area contributed by atoms with Crippen molar-refractivity contribution in [2.24, 2.45) is 0 Å². The Labute approximate surface area is 97.3 Å². The molecule has 1 saturated heterocycles. The molecule has 2 amide bonds. The molecule has 1 saturated carbocycles. The van der Waals surface area contributed by atoms with E-state index in [1.165, 1.54) is 0 Å². The van der Waals surface area contributed by atoms with Crippen LogP contribution < -0.4 is 5.32 Å². The number of ether oxygens (including phenoxy) is 1. The highest BCUT2D eigenvalue weighted by Gasteiger charge is 2.28. The molecule has 0 aromatic heterocycles. The van der Waals surface area contributed by atoms with Gasteiger partial charge in [0.25, 0.3) is 0 Å². The fraction of sp³-hybridized carbons (Fsp3) is 0.917. The Kier molecular flexibility index (Phi) is 4.04. The molecular formula is C12H22N2O2. The predicted molar refractivity (Wildman–Crippen MR) is 62.4 cm³/mol. The number of urea groups is 1. The van der Waals surface area contributed by atoms with E-state index in [0.717, 1.165) is 51.8 Å². The van der Waals surface area contributed by atoms with Crippen LogP contribution in [0.15, 0.2) is 0 Å². The number of hydrogen-bond acceptors (Lipinski definition) is 2. The molecule has 0 aromatic carbocycles. The molecule has 1 aliphatic heterocycles. The third-order valence-electron chi connectivity index (χ3n) is 3.13. The lowest BCUT2D eigenvalue weighted by molar-refractivity contribution is 0.0100. The number of piperidine rings is 1. The maximum absolute atomic E-state index is 11.8. The van der Waals surface area contributed by atoms with Crippen LogP contribution in [0.5, 0.6) is 0 Å². The van der Waals surface area contributed by atoms with Gasteiger partial charge in [-0.3, -0.25) is 0 Å². The van der Waals surface area contributed by atoms with Crippen molar-refractivity contribution in [3.63, 3.8) is 0 Å². The Bertz CT molecular complexity index is 241. The molecule has 0 bridgehead atoms. The number of hydrogen-bond donors (Lipinski definition) is 1. The molecule has 1 N–H and O–H groups in total. The fourth-order valence-corrected chi connectivity index (χ4v) is 2.04. The number of nitrogens with zero attached hydrogens (tertiary/aromatic N) is 1. The summed E-state index contributed by atoms with van der Waals surface area (Å²) >= 11 is 0. The van der Waals surface area contributed by atoms with Crippen LogP contribution in [0.1, 0.15) is 39.0 Å². The maximum atomic E-state index is 11.8. The van der Waals surface area contributed by atoms with Crippen molar-refractivity contribution in [2.45, 2.75) is 51.2 Å². The first-order chi connectivity index (χ1) is 7.79. The molecule has 16 heavy (non-hydrogen) atoms. The molecule has 0 aromatic rings. The van der Waals surface area contributed by atoms with E-state index >= 15 is 0 Å². The van der Waals surface area contributed by atoms with Crippen molar-refractivity contribution in [2.75, 3.05) is 19.7 Å². The van der Waals surface area contributed by atoms with Gasteiger partial charge in [-0.1, -0.05) is 6.92 Å². The van der Waals surface area contributed by atoms with E-state index in [2.05, 4.69) is 12.2 Å². The summed E-state index contributed by atoms with van der Waals surface area (Å²) in [6.07, 6.45) is 5.74. The third-order valence-corrected chi connectivity index (χ3v) is 3.13. The van der Waals surface area contributed by atoms with Crippen molar-refractivity contribution in [3.8, 4) is 0 Å². The molecule has 2 aliphatic rings. The fourth-order valence-electron chi connectivity index (χ4n) is 2.04. The normalized spacial score (nSPS) is 25.6. The average Bonchev–Trinajstić information content (AvgIpc) is 3.10. The highest BCUT2D eigenvalue weighted by molar-refractivity contribution is 5.75. The summed E-state index contributed by atoms with van der Waals surface area (Å²) in [4.78, 5) is 13.7. The standard InChI is InChI=1S/C12H22N2O2/c1-2-8-16-11-4-3-7-14(9-11)12(15)13-10-5-6-10/h10-11H,2-9H2,1H3,(H,13,15). The Hall–Kier alpha value is -0.770. The molecule has 0 radical (unpaired) electrons. The number of rotatable bonds is 4. The number of amides is 2. The van der Waals surface area contributed by atoms with Crippen molar-refractivity contribution in [1.82, 2.24) is 10.2 Å². The lowest BCUT2D eigenvalue weighted by Crippen LogP contribution is -2.48. The van der Waals surface area contributed by atoms with Gasteiger partial charge in [0, 0.05) is 25.7 Å². The minimum Gasteiger partial charge on any atom is -0.376 e. The number of carbonyl (C=O) groups excluding carboxylic acids is 1. The summed E-state index contributed by atoms with van der Waals surface area (Å²) in [6.45, 7) is 4.56. The van der Waals surface area contributed by atoms with Gasteiger partial charge in [0.1, 0.15) is 0 Å². The second-order valence-corrected chi connectivity index (χ2v) is 4.80. The van der Waals surface area contributed by atoms with E-state index in [-0.39, 0.29) is 12.1 Å². The van der Waals surface area contributed by atoms with Crippen LogP contribution in [0.3, 0.4) is 0 Å². The van der Waals surface area contributed by atoms with Gasteiger partial charge in [0.05, 0.1) is 6.10 Å². The smallest absolute Gasteiger partial charge is 0.317 e. The second-order valence-electron chi connectivity index (χ2n) is 4.80. The highest BCUT2D eigenvalue weighted by Crippen LogP contribution is 2.20. The molecule has 4 heteroatoms. The second kappa shape index (κ2) is 5.53. The quantitative estimate of drug-likeness (QED) is 0.793. The van der Waals surface area contributed by atoms with E-state index in [4.69, 9.17) is 4.74 Å². The molecule has 1 aliphatic carbocycles. The molecule has 1 unspecified atom stereocenters. The van der Waals surface area contributed by atoms with Crippen molar-refractivity contribution < 1.29 is 9.53 Å². The van der Waals surface area contributed by atoms with Gasteiger partial charge in [0.15, 0.2) is 0 Å². The first kappa shape index (κ1) is 11.7. The first-order valence-electron chi connectivity index (χ1n) is 6.46. The summed E-state index contributed by atoms with van der Waals surface area (Å²) < 4.78 is 5.71. The largest absolute Gasteiger partial charge is 0.376 e. The van der Waals surface area contributed by atoms with Crippen LogP contribution in [-0.4, -0.2) is 42.8 Å². The molecule has 0 spiro atoms. The Morgan fingerprint density at radius 1 is 1.44 bits per heavy atom. The molecule has 92 valence electrons. The van der Waals surface area contributed by atoms with Gasteiger partial charge < -0.3 is 15.0 Å². The molecule has 1 heterocycles. The zero-order valence-electron chi connectivity index (χ0n) is 10.1. The molecule has 1 atom stereocenters.